The molecule has 1 atom stereocenters. The van der Waals surface area contributed by atoms with Gasteiger partial charge < -0.3 is 15.0 Å². The van der Waals surface area contributed by atoms with E-state index in [4.69, 9.17) is 10.5 Å². The Morgan fingerprint density at radius 2 is 2.36 bits per heavy atom. The standard InChI is InChI=1S/C18H22N2O2/c1-3-12-6-5-7-14-15-10-13(19)8-9-16(15)20(18(12)14)11-17(21)22-4-2/h3,5-7,13H,1,4,8-11,19H2,2H3. The Morgan fingerprint density at radius 1 is 1.55 bits per heavy atom. The molecule has 1 aromatic heterocycles. The highest BCUT2D eigenvalue weighted by molar-refractivity contribution is 5.93. The number of benzene rings is 1. The average molecular weight is 298 g/mol. The molecule has 0 aliphatic heterocycles. The second-order valence-corrected chi connectivity index (χ2v) is 5.77. The second kappa shape index (κ2) is 5.97. The van der Waals surface area contributed by atoms with E-state index in [1.54, 1.807) is 0 Å². The van der Waals surface area contributed by atoms with Crippen LogP contribution in [0, 0.1) is 0 Å². The maximum Gasteiger partial charge on any atom is 0.325 e. The molecule has 2 aromatic rings. The summed E-state index contributed by atoms with van der Waals surface area (Å²) in [6.07, 6.45) is 4.56. The number of aromatic nitrogens is 1. The summed E-state index contributed by atoms with van der Waals surface area (Å²) in [5.41, 5.74) is 10.8. The molecule has 0 spiro atoms. The molecule has 0 radical (unpaired) electrons. The van der Waals surface area contributed by atoms with E-state index in [9.17, 15) is 4.79 Å². The van der Waals surface area contributed by atoms with Crippen molar-refractivity contribution < 1.29 is 9.53 Å². The van der Waals surface area contributed by atoms with Gasteiger partial charge >= 0.3 is 5.97 Å². The van der Waals surface area contributed by atoms with Crippen molar-refractivity contribution >= 4 is 22.9 Å². The summed E-state index contributed by atoms with van der Waals surface area (Å²) in [5, 5.41) is 1.19. The normalized spacial score (nSPS) is 17.3. The summed E-state index contributed by atoms with van der Waals surface area (Å²) in [6.45, 7) is 6.39. The number of carbonyl (C=O) groups excluding carboxylic acids is 1. The Balaban J connectivity index is 2.20. The van der Waals surface area contributed by atoms with E-state index in [-0.39, 0.29) is 18.6 Å². The zero-order valence-corrected chi connectivity index (χ0v) is 13.0. The van der Waals surface area contributed by atoms with E-state index >= 15 is 0 Å². The van der Waals surface area contributed by atoms with Crippen LogP contribution in [0.3, 0.4) is 0 Å². The SMILES string of the molecule is C=Cc1cccc2c3c(n(CC(=O)OCC)c12)CCC(N)C3. The van der Waals surface area contributed by atoms with Crippen LogP contribution in [-0.2, 0) is 28.9 Å². The van der Waals surface area contributed by atoms with Gasteiger partial charge in [-0.05, 0) is 37.3 Å². The number of carbonyl (C=O) groups is 1. The van der Waals surface area contributed by atoms with Gasteiger partial charge in [0.05, 0.1) is 12.1 Å². The Bertz CT molecular complexity index is 730. The van der Waals surface area contributed by atoms with Crippen molar-refractivity contribution in [2.45, 2.75) is 38.8 Å². The first kappa shape index (κ1) is 14.9. The summed E-state index contributed by atoms with van der Waals surface area (Å²) >= 11 is 0. The Morgan fingerprint density at radius 3 is 3.09 bits per heavy atom. The van der Waals surface area contributed by atoms with Crippen molar-refractivity contribution in [1.29, 1.82) is 0 Å². The van der Waals surface area contributed by atoms with Crippen LogP contribution in [-0.4, -0.2) is 23.2 Å². The monoisotopic (exact) mass is 298 g/mol. The maximum absolute atomic E-state index is 12.0. The number of hydrogen-bond donors (Lipinski definition) is 1. The van der Waals surface area contributed by atoms with E-state index in [1.165, 1.54) is 16.6 Å². The summed E-state index contributed by atoms with van der Waals surface area (Å²) in [7, 11) is 0. The first-order valence-corrected chi connectivity index (χ1v) is 7.82. The molecular formula is C18H22N2O2. The summed E-state index contributed by atoms with van der Waals surface area (Å²) in [4.78, 5) is 12.0. The third-order valence-corrected chi connectivity index (χ3v) is 4.37. The highest BCUT2D eigenvalue weighted by Gasteiger charge is 2.25. The summed E-state index contributed by atoms with van der Waals surface area (Å²) < 4.78 is 7.24. The van der Waals surface area contributed by atoms with Crippen LogP contribution in [0.4, 0.5) is 0 Å². The number of esters is 1. The van der Waals surface area contributed by atoms with Crippen LogP contribution in [0.25, 0.3) is 17.0 Å². The lowest BCUT2D eigenvalue weighted by Gasteiger charge is -2.20. The van der Waals surface area contributed by atoms with Gasteiger partial charge in [0.25, 0.3) is 0 Å². The lowest BCUT2D eigenvalue weighted by molar-refractivity contribution is -0.143. The Kier molecular flexibility index (Phi) is 4.03. The van der Waals surface area contributed by atoms with E-state index < -0.39 is 0 Å². The van der Waals surface area contributed by atoms with Gasteiger partial charge in [0.2, 0.25) is 0 Å². The van der Waals surface area contributed by atoms with Crippen LogP contribution >= 0.6 is 0 Å². The van der Waals surface area contributed by atoms with Gasteiger partial charge in [0.15, 0.2) is 0 Å². The highest BCUT2D eigenvalue weighted by atomic mass is 16.5. The third-order valence-electron chi connectivity index (χ3n) is 4.37. The van der Waals surface area contributed by atoms with E-state index in [0.29, 0.717) is 6.61 Å². The topological polar surface area (TPSA) is 57.2 Å². The first-order valence-electron chi connectivity index (χ1n) is 7.82. The summed E-state index contributed by atoms with van der Waals surface area (Å²) in [5.74, 6) is -0.198. The molecule has 0 saturated heterocycles. The minimum atomic E-state index is -0.198. The molecule has 0 amide bonds. The van der Waals surface area contributed by atoms with Gasteiger partial charge in [-0.3, -0.25) is 4.79 Å². The lowest BCUT2D eigenvalue weighted by Crippen LogP contribution is -2.28. The number of nitrogens with two attached hydrogens (primary N) is 1. The van der Waals surface area contributed by atoms with Crippen LogP contribution in [0.5, 0.6) is 0 Å². The van der Waals surface area contributed by atoms with Gasteiger partial charge in [0, 0.05) is 17.1 Å². The lowest BCUT2D eigenvalue weighted by atomic mass is 9.92. The molecule has 1 unspecified atom stereocenters. The van der Waals surface area contributed by atoms with Gasteiger partial charge in [-0.2, -0.15) is 0 Å². The molecule has 3 rings (SSSR count). The average Bonchev–Trinajstić information content (AvgIpc) is 2.81. The molecule has 0 saturated carbocycles. The minimum Gasteiger partial charge on any atom is -0.465 e. The predicted molar refractivity (Wildman–Crippen MR) is 88.7 cm³/mol. The molecule has 0 fully saturated rings. The molecule has 4 heteroatoms. The molecule has 1 aliphatic carbocycles. The van der Waals surface area contributed by atoms with Gasteiger partial charge in [-0.25, -0.2) is 0 Å². The van der Waals surface area contributed by atoms with Crippen molar-refractivity contribution in [1.82, 2.24) is 4.57 Å². The van der Waals surface area contributed by atoms with Crippen LogP contribution in [0.2, 0.25) is 0 Å². The quantitative estimate of drug-likeness (QED) is 0.883. The van der Waals surface area contributed by atoms with Gasteiger partial charge in [0.1, 0.15) is 6.54 Å². The molecule has 116 valence electrons. The minimum absolute atomic E-state index is 0.196. The third kappa shape index (κ3) is 2.44. The van der Waals surface area contributed by atoms with Crippen molar-refractivity contribution in [3.8, 4) is 0 Å². The molecule has 1 aliphatic rings. The molecule has 1 aromatic carbocycles. The number of para-hydroxylation sites is 1. The second-order valence-electron chi connectivity index (χ2n) is 5.77. The molecule has 22 heavy (non-hydrogen) atoms. The molecule has 2 N–H and O–H groups in total. The van der Waals surface area contributed by atoms with Crippen LogP contribution < -0.4 is 5.73 Å². The highest BCUT2D eigenvalue weighted by Crippen LogP contribution is 2.34. The number of ether oxygens (including phenoxy) is 1. The summed E-state index contributed by atoms with van der Waals surface area (Å²) in [6, 6.07) is 6.37. The Labute approximate surface area is 130 Å². The fraction of sp³-hybridized carbons (Fsp3) is 0.389. The molecular weight excluding hydrogens is 276 g/mol. The maximum atomic E-state index is 12.0. The number of hydrogen-bond acceptors (Lipinski definition) is 3. The molecule has 0 bridgehead atoms. The van der Waals surface area contributed by atoms with Crippen molar-refractivity contribution in [3.05, 3.63) is 41.6 Å². The van der Waals surface area contributed by atoms with Crippen molar-refractivity contribution in [2.75, 3.05) is 6.61 Å². The van der Waals surface area contributed by atoms with Crippen molar-refractivity contribution in [3.63, 3.8) is 0 Å². The zero-order chi connectivity index (χ0) is 15.7. The fourth-order valence-corrected chi connectivity index (χ4v) is 3.43. The smallest absolute Gasteiger partial charge is 0.325 e. The largest absolute Gasteiger partial charge is 0.465 e. The van der Waals surface area contributed by atoms with Crippen molar-refractivity contribution in [2.24, 2.45) is 5.73 Å². The van der Waals surface area contributed by atoms with E-state index in [2.05, 4.69) is 17.2 Å². The van der Waals surface area contributed by atoms with Crippen LogP contribution in [0.15, 0.2) is 24.8 Å². The molecule has 1 heterocycles. The van der Waals surface area contributed by atoms with Crippen LogP contribution in [0.1, 0.15) is 30.2 Å². The van der Waals surface area contributed by atoms with Gasteiger partial charge in [-0.15, -0.1) is 0 Å². The van der Waals surface area contributed by atoms with E-state index in [1.807, 2.05) is 25.1 Å². The number of nitrogens with zero attached hydrogens (tertiary/aromatic N) is 1. The first-order chi connectivity index (χ1) is 10.7. The van der Waals surface area contributed by atoms with E-state index in [0.717, 1.165) is 30.3 Å². The molecule has 4 nitrogen and oxygen atoms in total. The number of rotatable bonds is 4. The Hall–Kier alpha value is -2.07. The number of fused-ring (bicyclic) bond motifs is 3. The predicted octanol–water partition coefficient (Wildman–Crippen LogP) is 2.66. The van der Waals surface area contributed by atoms with Gasteiger partial charge in [-0.1, -0.05) is 30.9 Å². The zero-order valence-electron chi connectivity index (χ0n) is 13.0. The fourth-order valence-electron chi connectivity index (χ4n) is 3.43.